The van der Waals surface area contributed by atoms with Crippen LogP contribution in [0.2, 0.25) is 0 Å². The van der Waals surface area contributed by atoms with Crippen LogP contribution in [0, 0.1) is 0 Å². The van der Waals surface area contributed by atoms with Gasteiger partial charge in [-0.05, 0) is 40.1 Å². The van der Waals surface area contributed by atoms with Crippen LogP contribution in [0.15, 0.2) is 54.6 Å². The minimum Gasteiger partial charge on any atom is -0.398 e. The molecule has 1 heteroatoms. The van der Waals surface area contributed by atoms with Crippen molar-refractivity contribution in [1.82, 2.24) is 0 Å². The Kier molecular flexibility index (Phi) is 1.81. The van der Waals surface area contributed by atoms with Gasteiger partial charge < -0.3 is 5.73 Å². The highest BCUT2D eigenvalue weighted by Gasteiger charge is 2.20. The molecule has 1 aliphatic carbocycles. The first-order valence-electron chi connectivity index (χ1n) is 6.23. The average Bonchev–Trinajstić information content (AvgIpc) is 2.77. The third-order valence-corrected chi connectivity index (χ3v) is 3.86. The van der Waals surface area contributed by atoms with Crippen LogP contribution in [-0.2, 0) is 6.42 Å². The van der Waals surface area contributed by atoms with Crippen LogP contribution in [0.4, 0.5) is 5.69 Å². The number of hydrogen-bond acceptors (Lipinski definition) is 1. The lowest BCUT2D eigenvalue weighted by atomic mass is 9.98. The average molecular weight is 231 g/mol. The second kappa shape index (κ2) is 3.36. The third kappa shape index (κ3) is 1.16. The van der Waals surface area contributed by atoms with Crippen molar-refractivity contribution in [3.05, 3.63) is 65.7 Å². The molecule has 0 bridgehead atoms. The summed E-state index contributed by atoms with van der Waals surface area (Å²) < 4.78 is 0. The molecule has 0 amide bonds. The van der Waals surface area contributed by atoms with Crippen molar-refractivity contribution in [2.75, 3.05) is 5.73 Å². The van der Waals surface area contributed by atoms with Gasteiger partial charge in [0.15, 0.2) is 0 Å². The molecule has 0 spiro atoms. The molecule has 3 aromatic carbocycles. The molecule has 0 radical (unpaired) electrons. The molecule has 0 fully saturated rings. The van der Waals surface area contributed by atoms with E-state index in [4.69, 9.17) is 5.73 Å². The van der Waals surface area contributed by atoms with E-state index in [9.17, 15) is 0 Å². The fourth-order valence-corrected chi connectivity index (χ4v) is 3.05. The largest absolute Gasteiger partial charge is 0.398 e. The molecule has 18 heavy (non-hydrogen) atoms. The van der Waals surface area contributed by atoms with E-state index >= 15 is 0 Å². The van der Waals surface area contributed by atoms with Crippen molar-refractivity contribution >= 4 is 16.5 Å². The number of fused-ring (bicyclic) bond motifs is 5. The topological polar surface area (TPSA) is 26.0 Å². The summed E-state index contributed by atoms with van der Waals surface area (Å²) in [6, 6.07) is 19.2. The monoisotopic (exact) mass is 231 g/mol. The molecular weight excluding hydrogens is 218 g/mol. The molecule has 0 saturated heterocycles. The van der Waals surface area contributed by atoms with E-state index in [1.807, 2.05) is 12.1 Å². The maximum absolute atomic E-state index is 6.16. The molecule has 1 aliphatic rings. The molecular formula is C17H13N. The first-order chi connectivity index (χ1) is 8.84. The smallest absolute Gasteiger partial charge is 0.0396 e. The van der Waals surface area contributed by atoms with Gasteiger partial charge in [0.25, 0.3) is 0 Å². The van der Waals surface area contributed by atoms with E-state index in [-0.39, 0.29) is 0 Å². The lowest BCUT2D eigenvalue weighted by Gasteiger charge is -2.08. The zero-order valence-corrected chi connectivity index (χ0v) is 9.98. The van der Waals surface area contributed by atoms with Gasteiger partial charge in [-0.2, -0.15) is 0 Å². The van der Waals surface area contributed by atoms with Crippen molar-refractivity contribution in [2.45, 2.75) is 6.42 Å². The normalized spacial score (nSPS) is 12.4. The van der Waals surface area contributed by atoms with Crippen LogP contribution in [0.5, 0.6) is 0 Å². The van der Waals surface area contributed by atoms with E-state index in [1.165, 1.54) is 33.0 Å². The summed E-state index contributed by atoms with van der Waals surface area (Å²) in [4.78, 5) is 0. The Morgan fingerprint density at radius 1 is 0.778 bits per heavy atom. The summed E-state index contributed by atoms with van der Waals surface area (Å²) in [5.41, 5.74) is 12.5. The van der Waals surface area contributed by atoms with Gasteiger partial charge in [-0.1, -0.05) is 48.5 Å². The van der Waals surface area contributed by atoms with E-state index in [2.05, 4.69) is 42.5 Å². The Labute approximate surface area is 106 Å². The summed E-state index contributed by atoms with van der Waals surface area (Å²) in [5, 5.41) is 2.47. The summed E-state index contributed by atoms with van der Waals surface area (Å²) in [6.07, 6.45) is 0.997. The zero-order valence-electron chi connectivity index (χ0n) is 9.98. The Balaban J connectivity index is 2.13. The first kappa shape index (κ1) is 9.72. The fourth-order valence-electron chi connectivity index (χ4n) is 3.05. The number of nitrogen functional groups attached to an aromatic ring is 1. The minimum absolute atomic E-state index is 0.886. The summed E-state index contributed by atoms with van der Waals surface area (Å²) >= 11 is 0. The molecule has 1 nitrogen and oxygen atoms in total. The van der Waals surface area contributed by atoms with Gasteiger partial charge in [0.05, 0.1) is 0 Å². The van der Waals surface area contributed by atoms with Gasteiger partial charge in [-0.25, -0.2) is 0 Å². The van der Waals surface area contributed by atoms with E-state index in [1.54, 1.807) is 0 Å². The van der Waals surface area contributed by atoms with Crippen molar-refractivity contribution in [3.8, 4) is 11.1 Å². The van der Waals surface area contributed by atoms with Crippen molar-refractivity contribution in [3.63, 3.8) is 0 Å². The molecule has 3 aromatic rings. The van der Waals surface area contributed by atoms with Crippen LogP contribution in [0.25, 0.3) is 21.9 Å². The van der Waals surface area contributed by atoms with Crippen LogP contribution in [0.1, 0.15) is 11.1 Å². The fraction of sp³-hybridized carbons (Fsp3) is 0.0588. The number of benzene rings is 3. The zero-order chi connectivity index (χ0) is 12.1. The maximum Gasteiger partial charge on any atom is 0.0396 e. The second-order valence-electron chi connectivity index (χ2n) is 4.87. The Bertz CT molecular complexity index is 772. The van der Waals surface area contributed by atoms with Gasteiger partial charge in [-0.15, -0.1) is 0 Å². The third-order valence-electron chi connectivity index (χ3n) is 3.86. The Morgan fingerprint density at radius 2 is 1.67 bits per heavy atom. The molecule has 86 valence electrons. The summed E-state index contributed by atoms with van der Waals surface area (Å²) in [7, 11) is 0. The first-order valence-corrected chi connectivity index (χ1v) is 6.23. The molecule has 4 rings (SSSR count). The molecule has 2 N–H and O–H groups in total. The minimum atomic E-state index is 0.886. The predicted octanol–water partition coefficient (Wildman–Crippen LogP) is 3.99. The van der Waals surface area contributed by atoms with Crippen LogP contribution in [0.3, 0.4) is 0 Å². The molecule has 0 aliphatic heterocycles. The van der Waals surface area contributed by atoms with Crippen LogP contribution < -0.4 is 5.73 Å². The Hall–Kier alpha value is -2.28. The number of anilines is 1. The Morgan fingerprint density at radius 3 is 2.61 bits per heavy atom. The van der Waals surface area contributed by atoms with Crippen molar-refractivity contribution in [1.29, 1.82) is 0 Å². The quantitative estimate of drug-likeness (QED) is 0.455. The molecule has 0 heterocycles. The summed E-state index contributed by atoms with van der Waals surface area (Å²) in [5.74, 6) is 0. The SMILES string of the molecule is Nc1cccc2ccc3c(c12)Cc1ccccc1-3. The van der Waals surface area contributed by atoms with Crippen LogP contribution >= 0.6 is 0 Å². The number of nitrogens with two attached hydrogens (primary N) is 1. The van der Waals surface area contributed by atoms with Crippen LogP contribution in [-0.4, -0.2) is 0 Å². The van der Waals surface area contributed by atoms with E-state index in [0.29, 0.717) is 0 Å². The molecule has 0 atom stereocenters. The van der Waals surface area contributed by atoms with E-state index in [0.717, 1.165) is 12.1 Å². The van der Waals surface area contributed by atoms with Gasteiger partial charge in [-0.3, -0.25) is 0 Å². The highest BCUT2D eigenvalue weighted by molar-refractivity contribution is 6.01. The second-order valence-corrected chi connectivity index (χ2v) is 4.87. The summed E-state index contributed by atoms with van der Waals surface area (Å²) in [6.45, 7) is 0. The van der Waals surface area contributed by atoms with Gasteiger partial charge in [0.2, 0.25) is 0 Å². The lowest BCUT2D eigenvalue weighted by molar-refractivity contribution is 1.28. The number of hydrogen-bond donors (Lipinski definition) is 1. The standard InChI is InChI=1S/C17H13N/c18-16-7-3-5-11-8-9-14-13-6-2-1-4-12(13)10-15(14)17(11)16/h1-9H,10,18H2. The van der Waals surface area contributed by atoms with Crippen molar-refractivity contribution in [2.24, 2.45) is 0 Å². The van der Waals surface area contributed by atoms with E-state index < -0.39 is 0 Å². The molecule has 0 aromatic heterocycles. The lowest BCUT2D eigenvalue weighted by Crippen LogP contribution is -1.91. The predicted molar refractivity (Wildman–Crippen MR) is 76.6 cm³/mol. The van der Waals surface area contributed by atoms with Gasteiger partial charge in [0.1, 0.15) is 0 Å². The number of rotatable bonds is 0. The molecule has 0 unspecified atom stereocenters. The maximum atomic E-state index is 6.16. The highest BCUT2D eigenvalue weighted by atomic mass is 14.6. The highest BCUT2D eigenvalue weighted by Crippen LogP contribution is 2.41. The van der Waals surface area contributed by atoms with Gasteiger partial charge >= 0.3 is 0 Å². The molecule has 0 saturated carbocycles. The van der Waals surface area contributed by atoms with Gasteiger partial charge in [0, 0.05) is 11.1 Å². The van der Waals surface area contributed by atoms with Crippen molar-refractivity contribution < 1.29 is 0 Å².